The normalized spacial score (nSPS) is 16.1. The van der Waals surface area contributed by atoms with Gasteiger partial charge in [0.2, 0.25) is 0 Å². The highest BCUT2D eigenvalue weighted by Gasteiger charge is 2.30. The zero-order valence-corrected chi connectivity index (χ0v) is 20.9. The zero-order chi connectivity index (χ0) is 24.3. The molecule has 6 nitrogen and oxygen atoms in total. The third-order valence-corrected chi connectivity index (χ3v) is 5.95. The predicted octanol–water partition coefficient (Wildman–Crippen LogP) is 5.90. The Morgan fingerprint density at radius 2 is 1.94 bits per heavy atom. The van der Waals surface area contributed by atoms with Gasteiger partial charge in [0.25, 0.3) is 0 Å². The van der Waals surface area contributed by atoms with Crippen LogP contribution in [0.1, 0.15) is 43.2 Å². The summed E-state index contributed by atoms with van der Waals surface area (Å²) in [5, 5.41) is 1.37. The van der Waals surface area contributed by atoms with Gasteiger partial charge in [-0.05, 0) is 44.9 Å². The maximum atomic E-state index is 13.2. The summed E-state index contributed by atoms with van der Waals surface area (Å²) in [5.74, 6) is 0.428. The van der Waals surface area contributed by atoms with E-state index in [1.807, 2.05) is 51.1 Å². The molecule has 34 heavy (non-hydrogen) atoms. The van der Waals surface area contributed by atoms with E-state index >= 15 is 0 Å². The fraction of sp³-hybridized carbons (Fsp3) is 0.407. The molecule has 2 aromatic carbocycles. The second-order valence-electron chi connectivity index (χ2n) is 9.64. The Labute approximate surface area is 205 Å². The summed E-state index contributed by atoms with van der Waals surface area (Å²) in [7, 11) is 1.56. The number of methoxy groups -OCH3 is 1. The monoisotopic (exact) mass is 482 g/mol. The van der Waals surface area contributed by atoms with Gasteiger partial charge in [0, 0.05) is 35.5 Å². The third kappa shape index (κ3) is 5.80. The van der Waals surface area contributed by atoms with Gasteiger partial charge in [-0.2, -0.15) is 0 Å². The van der Waals surface area contributed by atoms with Crippen molar-refractivity contribution in [2.75, 3.05) is 31.7 Å². The number of carbonyl (C=O) groups excluding carboxylic acids is 1. The predicted molar refractivity (Wildman–Crippen MR) is 135 cm³/mol. The Hall–Kier alpha value is -2.83. The van der Waals surface area contributed by atoms with Crippen molar-refractivity contribution in [3.8, 4) is 5.75 Å². The van der Waals surface area contributed by atoms with E-state index in [1.54, 1.807) is 13.2 Å². The second kappa shape index (κ2) is 10.2. The minimum Gasteiger partial charge on any atom is -0.494 e. The van der Waals surface area contributed by atoms with Crippen LogP contribution in [0.15, 0.2) is 48.5 Å². The average molecular weight is 483 g/mol. The van der Waals surface area contributed by atoms with Crippen molar-refractivity contribution >= 4 is 34.2 Å². The molecule has 180 valence electrons. The highest BCUT2D eigenvalue weighted by atomic mass is 35.5. The van der Waals surface area contributed by atoms with Crippen LogP contribution in [0.4, 0.5) is 5.69 Å². The zero-order valence-electron chi connectivity index (χ0n) is 20.1. The standard InChI is InChI=1S/C27H31ClN2O4/c1-27(2,3)34-26(31)25-22(13-20-12-21(28)14-23(32-4)24(20)29-25)30-11-10-19(15-30)17-33-16-18-8-6-5-7-9-18/h5-9,12-14,19H,10-11,15-17H2,1-4H3/t19-/m0/s1. The summed E-state index contributed by atoms with van der Waals surface area (Å²) >= 11 is 6.31. The summed E-state index contributed by atoms with van der Waals surface area (Å²) in [6.07, 6.45) is 0.972. The summed E-state index contributed by atoms with van der Waals surface area (Å²) < 4.78 is 17.1. The van der Waals surface area contributed by atoms with Gasteiger partial charge in [0.1, 0.15) is 16.9 Å². The average Bonchev–Trinajstić information content (AvgIpc) is 3.26. The van der Waals surface area contributed by atoms with Gasteiger partial charge < -0.3 is 19.1 Å². The first-order valence-electron chi connectivity index (χ1n) is 11.5. The molecular weight excluding hydrogens is 452 g/mol. The van der Waals surface area contributed by atoms with E-state index in [0.717, 1.165) is 36.1 Å². The molecule has 0 radical (unpaired) electrons. The van der Waals surface area contributed by atoms with E-state index < -0.39 is 11.6 Å². The van der Waals surface area contributed by atoms with Crippen LogP contribution in [0.25, 0.3) is 10.9 Å². The minimum atomic E-state index is -0.631. The van der Waals surface area contributed by atoms with E-state index in [9.17, 15) is 4.79 Å². The minimum absolute atomic E-state index is 0.286. The third-order valence-electron chi connectivity index (χ3n) is 5.73. The van der Waals surface area contributed by atoms with E-state index in [0.29, 0.717) is 35.4 Å². The molecule has 4 rings (SSSR count). The maximum Gasteiger partial charge on any atom is 0.359 e. The lowest BCUT2D eigenvalue weighted by molar-refractivity contribution is 0.00641. The number of hydrogen-bond donors (Lipinski definition) is 0. The van der Waals surface area contributed by atoms with E-state index in [1.165, 1.54) is 0 Å². The number of benzene rings is 2. The smallest absolute Gasteiger partial charge is 0.359 e. The van der Waals surface area contributed by atoms with Crippen LogP contribution in [0.3, 0.4) is 0 Å². The number of pyridine rings is 1. The Balaban J connectivity index is 1.58. The van der Waals surface area contributed by atoms with Crippen LogP contribution in [-0.2, 0) is 16.1 Å². The van der Waals surface area contributed by atoms with E-state index in [-0.39, 0.29) is 5.69 Å². The van der Waals surface area contributed by atoms with Gasteiger partial charge in [-0.3, -0.25) is 0 Å². The van der Waals surface area contributed by atoms with Crippen molar-refractivity contribution in [1.82, 2.24) is 4.98 Å². The number of anilines is 1. The van der Waals surface area contributed by atoms with Gasteiger partial charge in [0.15, 0.2) is 5.69 Å². The highest BCUT2D eigenvalue weighted by Crippen LogP contribution is 2.35. The molecule has 1 aliphatic heterocycles. The lowest BCUT2D eigenvalue weighted by Gasteiger charge is -2.24. The molecule has 0 spiro atoms. The van der Waals surface area contributed by atoms with Crippen LogP contribution in [0.2, 0.25) is 5.02 Å². The van der Waals surface area contributed by atoms with Crippen molar-refractivity contribution in [3.63, 3.8) is 0 Å². The number of halogens is 1. The summed E-state index contributed by atoms with van der Waals surface area (Å²) in [6.45, 7) is 8.38. The Morgan fingerprint density at radius 1 is 1.18 bits per heavy atom. The molecule has 0 bridgehead atoms. The van der Waals surface area contributed by atoms with Crippen molar-refractivity contribution in [2.24, 2.45) is 5.92 Å². The van der Waals surface area contributed by atoms with Gasteiger partial charge in [0.05, 0.1) is 26.0 Å². The Kier molecular flexibility index (Phi) is 7.29. The molecule has 1 atom stereocenters. The Bertz CT molecular complexity index is 1160. The lowest BCUT2D eigenvalue weighted by Crippen LogP contribution is -2.28. The molecule has 3 aromatic rings. The molecule has 0 amide bonds. The fourth-order valence-electron chi connectivity index (χ4n) is 4.19. The van der Waals surface area contributed by atoms with E-state index in [2.05, 4.69) is 17.0 Å². The lowest BCUT2D eigenvalue weighted by atomic mass is 10.1. The van der Waals surface area contributed by atoms with Crippen LogP contribution in [-0.4, -0.2) is 43.4 Å². The molecule has 0 aliphatic carbocycles. The number of fused-ring (bicyclic) bond motifs is 1. The first-order valence-corrected chi connectivity index (χ1v) is 11.9. The quantitative estimate of drug-likeness (QED) is 0.391. The highest BCUT2D eigenvalue weighted by molar-refractivity contribution is 6.31. The fourth-order valence-corrected chi connectivity index (χ4v) is 4.40. The van der Waals surface area contributed by atoms with Gasteiger partial charge in [-0.25, -0.2) is 9.78 Å². The largest absolute Gasteiger partial charge is 0.494 e. The van der Waals surface area contributed by atoms with Crippen LogP contribution in [0, 0.1) is 5.92 Å². The number of aromatic nitrogens is 1. The van der Waals surface area contributed by atoms with Gasteiger partial charge in [-0.1, -0.05) is 41.9 Å². The van der Waals surface area contributed by atoms with Crippen LogP contribution in [0.5, 0.6) is 5.75 Å². The van der Waals surface area contributed by atoms with Gasteiger partial charge in [-0.15, -0.1) is 0 Å². The molecule has 1 aromatic heterocycles. The summed E-state index contributed by atoms with van der Waals surface area (Å²) in [6, 6.07) is 15.7. The summed E-state index contributed by atoms with van der Waals surface area (Å²) in [4.78, 5) is 20.1. The first-order chi connectivity index (χ1) is 16.2. The molecule has 0 N–H and O–H groups in total. The number of carbonyl (C=O) groups is 1. The molecule has 1 fully saturated rings. The molecular formula is C27H31ClN2O4. The molecule has 1 aliphatic rings. The molecule has 7 heteroatoms. The number of esters is 1. The number of rotatable bonds is 7. The molecule has 0 saturated carbocycles. The van der Waals surface area contributed by atoms with Crippen molar-refractivity contribution in [1.29, 1.82) is 0 Å². The maximum absolute atomic E-state index is 13.2. The molecule has 0 unspecified atom stereocenters. The molecule has 1 saturated heterocycles. The topological polar surface area (TPSA) is 60.9 Å². The van der Waals surface area contributed by atoms with Crippen LogP contribution < -0.4 is 9.64 Å². The van der Waals surface area contributed by atoms with Crippen molar-refractivity contribution in [3.05, 3.63) is 64.8 Å². The summed E-state index contributed by atoms with van der Waals surface area (Å²) in [5.41, 5.74) is 2.14. The number of hydrogen-bond acceptors (Lipinski definition) is 6. The van der Waals surface area contributed by atoms with Gasteiger partial charge >= 0.3 is 5.97 Å². The van der Waals surface area contributed by atoms with Crippen molar-refractivity contribution in [2.45, 2.75) is 39.4 Å². The van der Waals surface area contributed by atoms with E-state index in [4.69, 9.17) is 30.8 Å². The second-order valence-corrected chi connectivity index (χ2v) is 10.1. The SMILES string of the molecule is COc1cc(Cl)cc2cc(N3CC[C@H](COCc4ccccc4)C3)c(C(=O)OC(C)(C)C)nc12. The number of nitrogens with zero attached hydrogens (tertiary/aromatic N) is 2. The first kappa shape index (κ1) is 24.3. The van der Waals surface area contributed by atoms with Crippen LogP contribution >= 0.6 is 11.6 Å². The van der Waals surface area contributed by atoms with Crippen molar-refractivity contribution < 1.29 is 19.0 Å². The number of ether oxygens (including phenoxy) is 3. The Morgan fingerprint density at radius 3 is 2.65 bits per heavy atom. The molecule has 2 heterocycles.